The zero-order valence-electron chi connectivity index (χ0n) is 8.34. The van der Waals surface area contributed by atoms with Gasteiger partial charge in [0.15, 0.2) is 11.0 Å². The molecule has 0 fully saturated rings. The van der Waals surface area contributed by atoms with E-state index in [0.717, 1.165) is 5.56 Å². The van der Waals surface area contributed by atoms with E-state index < -0.39 is 0 Å². The first-order chi connectivity index (χ1) is 7.84. The van der Waals surface area contributed by atoms with Crippen molar-refractivity contribution in [2.24, 2.45) is 5.10 Å². The van der Waals surface area contributed by atoms with Gasteiger partial charge in [0.1, 0.15) is 0 Å². The fourth-order valence-electron chi connectivity index (χ4n) is 1.09. The Balaban J connectivity index is 1.97. The van der Waals surface area contributed by atoms with Crippen LogP contribution in [0.3, 0.4) is 0 Å². The molecule has 0 aliphatic rings. The number of halogens is 1. The van der Waals surface area contributed by atoms with Crippen molar-refractivity contribution in [1.29, 1.82) is 0 Å². The minimum Gasteiger partial charge on any atom is -0.260 e. The Kier molecular flexibility index (Phi) is 3.46. The van der Waals surface area contributed by atoms with Gasteiger partial charge in [0.05, 0.1) is 6.21 Å². The second kappa shape index (κ2) is 5.23. The summed E-state index contributed by atoms with van der Waals surface area (Å²) in [4.78, 5) is 0. The molecule has 0 atom stereocenters. The number of rotatable bonds is 3. The number of benzene rings is 1. The van der Waals surface area contributed by atoms with Gasteiger partial charge in [-0.1, -0.05) is 41.9 Å². The molecule has 0 radical (unpaired) electrons. The maximum atomic E-state index is 5.60. The molecule has 1 N–H and O–H groups in total. The molecular formula is C11H9ClN4. The van der Waals surface area contributed by atoms with Crippen LogP contribution in [0.15, 0.2) is 47.6 Å². The van der Waals surface area contributed by atoms with Gasteiger partial charge in [-0.05, 0) is 17.7 Å². The molecule has 1 heterocycles. The molecule has 0 saturated heterocycles. The fourth-order valence-corrected chi connectivity index (χ4v) is 1.19. The van der Waals surface area contributed by atoms with E-state index in [-0.39, 0.29) is 0 Å². The molecule has 0 spiro atoms. The van der Waals surface area contributed by atoms with Gasteiger partial charge in [-0.3, -0.25) is 5.43 Å². The SMILES string of the molecule is Clc1ccc(N/N=C\c2ccccc2)nn1. The Morgan fingerprint density at radius 3 is 2.56 bits per heavy atom. The van der Waals surface area contributed by atoms with Crippen molar-refractivity contribution >= 4 is 23.6 Å². The molecule has 16 heavy (non-hydrogen) atoms. The van der Waals surface area contributed by atoms with Crippen molar-refractivity contribution in [3.8, 4) is 0 Å². The van der Waals surface area contributed by atoms with Crippen molar-refractivity contribution in [2.75, 3.05) is 5.43 Å². The highest BCUT2D eigenvalue weighted by Gasteiger charge is 1.92. The minimum absolute atomic E-state index is 0.359. The average molecular weight is 233 g/mol. The number of nitrogens with zero attached hydrogens (tertiary/aromatic N) is 3. The maximum absolute atomic E-state index is 5.60. The van der Waals surface area contributed by atoms with E-state index in [9.17, 15) is 0 Å². The lowest BCUT2D eigenvalue weighted by Crippen LogP contribution is -1.94. The van der Waals surface area contributed by atoms with Crippen LogP contribution in [0.4, 0.5) is 5.82 Å². The summed E-state index contributed by atoms with van der Waals surface area (Å²) in [5, 5.41) is 11.9. The molecule has 1 aromatic carbocycles. The monoisotopic (exact) mass is 232 g/mol. The summed E-state index contributed by atoms with van der Waals surface area (Å²) in [6, 6.07) is 13.1. The summed E-state index contributed by atoms with van der Waals surface area (Å²) in [5.41, 5.74) is 3.77. The molecule has 0 saturated carbocycles. The highest BCUT2D eigenvalue weighted by Crippen LogP contribution is 2.05. The summed E-state index contributed by atoms with van der Waals surface area (Å²) in [6.07, 6.45) is 1.70. The molecule has 0 aliphatic heterocycles. The molecule has 0 amide bonds. The molecule has 1 aromatic heterocycles. The predicted octanol–water partition coefficient (Wildman–Crippen LogP) is 2.58. The van der Waals surface area contributed by atoms with E-state index in [2.05, 4.69) is 20.7 Å². The van der Waals surface area contributed by atoms with Crippen LogP contribution in [0.2, 0.25) is 5.15 Å². The molecule has 5 heteroatoms. The third kappa shape index (κ3) is 3.03. The summed E-state index contributed by atoms with van der Waals surface area (Å²) in [6.45, 7) is 0. The number of hydrogen-bond donors (Lipinski definition) is 1. The lowest BCUT2D eigenvalue weighted by atomic mass is 10.2. The van der Waals surface area contributed by atoms with Crippen molar-refractivity contribution in [3.05, 3.63) is 53.2 Å². The standard InChI is InChI=1S/C11H9ClN4/c12-10-6-7-11(16-14-10)15-13-8-9-4-2-1-3-5-9/h1-8H,(H,15,16)/b13-8-. The molecule has 2 aromatic rings. The molecular weight excluding hydrogens is 224 g/mol. The van der Waals surface area contributed by atoms with Crippen molar-refractivity contribution in [3.63, 3.8) is 0 Å². The van der Waals surface area contributed by atoms with Crippen molar-refractivity contribution < 1.29 is 0 Å². The van der Waals surface area contributed by atoms with Gasteiger partial charge in [-0.2, -0.15) is 5.10 Å². The quantitative estimate of drug-likeness (QED) is 0.654. The Labute approximate surface area is 98.0 Å². The summed E-state index contributed by atoms with van der Waals surface area (Å²) in [7, 11) is 0. The molecule has 80 valence electrons. The maximum Gasteiger partial charge on any atom is 0.168 e. The lowest BCUT2D eigenvalue weighted by molar-refractivity contribution is 1.02. The summed E-state index contributed by atoms with van der Waals surface area (Å²) < 4.78 is 0. The van der Waals surface area contributed by atoms with Crippen LogP contribution in [0.25, 0.3) is 0 Å². The zero-order valence-corrected chi connectivity index (χ0v) is 9.09. The summed E-state index contributed by atoms with van der Waals surface area (Å²) >= 11 is 5.60. The van der Waals surface area contributed by atoms with Crippen LogP contribution in [0.1, 0.15) is 5.56 Å². The van der Waals surface area contributed by atoms with Gasteiger partial charge in [-0.15, -0.1) is 10.2 Å². The minimum atomic E-state index is 0.359. The van der Waals surface area contributed by atoms with Crippen molar-refractivity contribution in [2.45, 2.75) is 0 Å². The van der Waals surface area contributed by atoms with Gasteiger partial charge in [0.2, 0.25) is 0 Å². The van der Waals surface area contributed by atoms with Gasteiger partial charge in [0.25, 0.3) is 0 Å². The van der Waals surface area contributed by atoms with Crippen LogP contribution in [-0.2, 0) is 0 Å². The third-order valence-corrected chi connectivity index (χ3v) is 2.03. The smallest absolute Gasteiger partial charge is 0.168 e. The zero-order chi connectivity index (χ0) is 11.2. The van der Waals surface area contributed by atoms with E-state index in [1.807, 2.05) is 30.3 Å². The molecule has 0 unspecified atom stereocenters. The highest BCUT2D eigenvalue weighted by molar-refractivity contribution is 6.29. The van der Waals surface area contributed by atoms with E-state index in [4.69, 9.17) is 11.6 Å². The van der Waals surface area contributed by atoms with Crippen molar-refractivity contribution in [1.82, 2.24) is 10.2 Å². The number of aromatic nitrogens is 2. The Morgan fingerprint density at radius 2 is 1.88 bits per heavy atom. The topological polar surface area (TPSA) is 50.2 Å². The molecule has 2 rings (SSSR count). The average Bonchev–Trinajstić information content (AvgIpc) is 2.33. The van der Waals surface area contributed by atoms with Crippen LogP contribution < -0.4 is 5.43 Å². The predicted molar refractivity (Wildman–Crippen MR) is 64.7 cm³/mol. The van der Waals surface area contributed by atoms with E-state index in [1.165, 1.54) is 0 Å². The third-order valence-electron chi connectivity index (χ3n) is 1.82. The van der Waals surface area contributed by atoms with Crippen LogP contribution in [0, 0.1) is 0 Å². The number of hydrazone groups is 1. The number of hydrogen-bond acceptors (Lipinski definition) is 4. The number of nitrogens with one attached hydrogen (secondary N) is 1. The fraction of sp³-hybridized carbons (Fsp3) is 0. The number of anilines is 1. The van der Waals surface area contributed by atoms with Crippen LogP contribution in [-0.4, -0.2) is 16.4 Å². The first-order valence-electron chi connectivity index (χ1n) is 4.68. The molecule has 0 aliphatic carbocycles. The Bertz CT molecular complexity index is 467. The first-order valence-corrected chi connectivity index (χ1v) is 5.06. The molecule has 4 nitrogen and oxygen atoms in total. The van der Waals surface area contributed by atoms with Gasteiger partial charge >= 0.3 is 0 Å². The van der Waals surface area contributed by atoms with E-state index >= 15 is 0 Å². The molecule has 0 bridgehead atoms. The normalized spacial score (nSPS) is 10.6. The largest absolute Gasteiger partial charge is 0.260 e. The highest BCUT2D eigenvalue weighted by atomic mass is 35.5. The lowest BCUT2D eigenvalue weighted by Gasteiger charge is -1.97. The Hall–Kier alpha value is -1.94. The van der Waals surface area contributed by atoms with Crippen LogP contribution in [0.5, 0.6) is 0 Å². The van der Waals surface area contributed by atoms with Gasteiger partial charge < -0.3 is 0 Å². The van der Waals surface area contributed by atoms with Gasteiger partial charge in [0, 0.05) is 0 Å². The van der Waals surface area contributed by atoms with E-state index in [1.54, 1.807) is 18.3 Å². The van der Waals surface area contributed by atoms with Gasteiger partial charge in [-0.25, -0.2) is 0 Å². The second-order valence-electron chi connectivity index (χ2n) is 3.02. The summed E-state index contributed by atoms with van der Waals surface area (Å²) in [5.74, 6) is 0.552. The van der Waals surface area contributed by atoms with Crippen LogP contribution >= 0.6 is 11.6 Å². The van der Waals surface area contributed by atoms with E-state index in [0.29, 0.717) is 11.0 Å². The second-order valence-corrected chi connectivity index (χ2v) is 3.41. The first kappa shape index (κ1) is 10.6. The Morgan fingerprint density at radius 1 is 1.06 bits per heavy atom.